The molecule has 2 amide bonds. The van der Waals surface area contributed by atoms with Crippen LogP contribution in [-0.4, -0.2) is 49.6 Å². The lowest BCUT2D eigenvalue weighted by Crippen LogP contribution is -2.28. The summed E-state index contributed by atoms with van der Waals surface area (Å²) >= 11 is 0. The molecule has 1 heterocycles. The number of aryl methyl sites for hydroxylation is 1. The van der Waals surface area contributed by atoms with Crippen LogP contribution in [-0.2, 0) is 27.3 Å². The molecule has 0 fully saturated rings. The Kier molecular flexibility index (Phi) is 6.07. The van der Waals surface area contributed by atoms with E-state index in [9.17, 15) is 14.4 Å². The Bertz CT molecular complexity index is 486. The van der Waals surface area contributed by atoms with Gasteiger partial charge in [-0.05, 0) is 16.8 Å². The summed E-state index contributed by atoms with van der Waals surface area (Å²) in [6, 6.07) is 0. The zero-order valence-corrected chi connectivity index (χ0v) is 10.8. The van der Waals surface area contributed by atoms with Crippen molar-refractivity contribution in [3.8, 4) is 0 Å². The van der Waals surface area contributed by atoms with E-state index in [1.54, 1.807) is 0 Å². The minimum atomic E-state index is -0.985. The van der Waals surface area contributed by atoms with E-state index in [0.29, 0.717) is 18.8 Å². The summed E-state index contributed by atoms with van der Waals surface area (Å²) < 4.78 is 1.42. The van der Waals surface area contributed by atoms with Crippen LogP contribution in [0.25, 0.3) is 0 Å². The predicted molar refractivity (Wildman–Crippen MR) is 65.2 cm³/mol. The Balaban J connectivity index is 2.39. The summed E-state index contributed by atoms with van der Waals surface area (Å²) in [5.41, 5.74) is 5.02. The monoisotopic (exact) mass is 284 g/mol. The zero-order chi connectivity index (χ0) is 15.0. The summed E-state index contributed by atoms with van der Waals surface area (Å²) in [5, 5.41) is 21.8. The normalized spacial score (nSPS) is 10.2. The molecule has 0 aromatic carbocycles. The molecule has 110 valence electrons. The highest BCUT2D eigenvalue weighted by atomic mass is 16.4. The number of primary amides is 1. The number of nitrogens with two attached hydrogens (primary N) is 1. The predicted octanol–water partition coefficient (Wildman–Crippen LogP) is -1.93. The number of tetrazole rings is 1. The average Bonchev–Trinajstić information content (AvgIpc) is 2.75. The highest BCUT2D eigenvalue weighted by molar-refractivity contribution is 5.78. The molecule has 0 saturated heterocycles. The molecule has 0 aliphatic heterocycles. The molecule has 0 aliphatic rings. The van der Waals surface area contributed by atoms with Gasteiger partial charge in [0.05, 0.1) is 12.8 Å². The van der Waals surface area contributed by atoms with Crippen molar-refractivity contribution in [2.75, 3.05) is 6.54 Å². The van der Waals surface area contributed by atoms with Gasteiger partial charge >= 0.3 is 5.97 Å². The van der Waals surface area contributed by atoms with Crippen molar-refractivity contribution in [1.82, 2.24) is 25.5 Å². The Morgan fingerprint density at radius 3 is 2.70 bits per heavy atom. The standard InChI is InChI=1S/C10H16N6O4/c11-7(17)2-1-5-16-8(13-14-15-16)6-9(18)12-4-3-10(19)20/h1-6H2,(H2,11,17)(H,12,18)(H,19,20). The van der Waals surface area contributed by atoms with Crippen LogP contribution in [0, 0.1) is 0 Å². The number of carboxylic acids is 1. The molecule has 1 rings (SSSR count). The number of hydrogen-bond donors (Lipinski definition) is 3. The second-order valence-corrected chi connectivity index (χ2v) is 4.06. The number of hydrogen-bond acceptors (Lipinski definition) is 6. The molecule has 0 aliphatic carbocycles. The van der Waals surface area contributed by atoms with Gasteiger partial charge < -0.3 is 16.2 Å². The van der Waals surface area contributed by atoms with Crippen molar-refractivity contribution >= 4 is 17.8 Å². The van der Waals surface area contributed by atoms with E-state index >= 15 is 0 Å². The topological polar surface area (TPSA) is 153 Å². The fourth-order valence-electron chi connectivity index (χ4n) is 1.44. The zero-order valence-electron chi connectivity index (χ0n) is 10.8. The van der Waals surface area contributed by atoms with Gasteiger partial charge in [-0.15, -0.1) is 5.10 Å². The second kappa shape index (κ2) is 7.81. The van der Waals surface area contributed by atoms with Crippen LogP contribution in [0.3, 0.4) is 0 Å². The van der Waals surface area contributed by atoms with E-state index in [1.165, 1.54) is 4.68 Å². The van der Waals surface area contributed by atoms with Crippen LogP contribution in [0.2, 0.25) is 0 Å². The number of carboxylic acid groups (broad SMARTS) is 1. The second-order valence-electron chi connectivity index (χ2n) is 4.06. The van der Waals surface area contributed by atoms with E-state index in [-0.39, 0.29) is 31.7 Å². The maximum absolute atomic E-state index is 11.5. The van der Waals surface area contributed by atoms with E-state index in [0.717, 1.165) is 0 Å². The molecule has 0 bridgehead atoms. The molecule has 20 heavy (non-hydrogen) atoms. The number of carbonyl (C=O) groups excluding carboxylic acids is 2. The largest absolute Gasteiger partial charge is 0.481 e. The molecule has 1 aromatic heterocycles. The van der Waals surface area contributed by atoms with Crippen LogP contribution in [0.1, 0.15) is 25.1 Å². The van der Waals surface area contributed by atoms with Crippen molar-refractivity contribution in [2.45, 2.75) is 32.2 Å². The molecule has 0 unspecified atom stereocenters. The van der Waals surface area contributed by atoms with E-state index in [1.807, 2.05) is 0 Å². The van der Waals surface area contributed by atoms with E-state index < -0.39 is 11.9 Å². The number of nitrogens with zero attached hydrogens (tertiary/aromatic N) is 4. The minimum Gasteiger partial charge on any atom is -0.481 e. The first-order valence-corrected chi connectivity index (χ1v) is 6.01. The fraction of sp³-hybridized carbons (Fsp3) is 0.600. The van der Waals surface area contributed by atoms with E-state index in [4.69, 9.17) is 10.8 Å². The summed E-state index contributed by atoms with van der Waals surface area (Å²) in [7, 11) is 0. The molecule has 10 heteroatoms. The first-order chi connectivity index (χ1) is 9.49. The summed E-state index contributed by atoms with van der Waals surface area (Å²) in [4.78, 5) is 32.5. The average molecular weight is 284 g/mol. The van der Waals surface area contributed by atoms with Crippen LogP contribution < -0.4 is 11.1 Å². The number of amides is 2. The lowest BCUT2D eigenvalue weighted by atomic mass is 10.3. The minimum absolute atomic E-state index is 0.0524. The number of carbonyl (C=O) groups is 3. The van der Waals surface area contributed by atoms with E-state index in [2.05, 4.69) is 20.8 Å². The third kappa shape index (κ3) is 5.89. The number of nitrogens with one attached hydrogen (secondary N) is 1. The molecular weight excluding hydrogens is 268 g/mol. The smallest absolute Gasteiger partial charge is 0.305 e. The van der Waals surface area contributed by atoms with Crippen molar-refractivity contribution in [3.05, 3.63) is 5.82 Å². The van der Waals surface area contributed by atoms with Gasteiger partial charge in [0.1, 0.15) is 0 Å². The van der Waals surface area contributed by atoms with Crippen molar-refractivity contribution < 1.29 is 19.5 Å². The lowest BCUT2D eigenvalue weighted by molar-refractivity contribution is -0.137. The molecule has 1 aromatic rings. The Hall–Kier alpha value is -2.52. The Morgan fingerprint density at radius 1 is 1.30 bits per heavy atom. The van der Waals surface area contributed by atoms with Gasteiger partial charge in [0.25, 0.3) is 0 Å². The van der Waals surface area contributed by atoms with Gasteiger partial charge in [-0.2, -0.15) is 0 Å². The van der Waals surface area contributed by atoms with Crippen molar-refractivity contribution in [1.29, 1.82) is 0 Å². The van der Waals surface area contributed by atoms with Crippen molar-refractivity contribution in [3.63, 3.8) is 0 Å². The van der Waals surface area contributed by atoms with Gasteiger partial charge in [0, 0.05) is 19.5 Å². The highest BCUT2D eigenvalue weighted by Gasteiger charge is 2.11. The van der Waals surface area contributed by atoms with Gasteiger partial charge in [0.15, 0.2) is 5.82 Å². The number of aromatic nitrogens is 4. The first kappa shape index (κ1) is 15.5. The lowest BCUT2D eigenvalue weighted by Gasteiger charge is -2.04. The third-order valence-electron chi connectivity index (χ3n) is 2.38. The van der Waals surface area contributed by atoms with Crippen LogP contribution in [0.5, 0.6) is 0 Å². The van der Waals surface area contributed by atoms with Gasteiger partial charge in [-0.25, -0.2) is 4.68 Å². The molecule has 10 nitrogen and oxygen atoms in total. The molecule has 0 saturated carbocycles. The van der Waals surface area contributed by atoms with Crippen LogP contribution in [0.4, 0.5) is 0 Å². The third-order valence-corrected chi connectivity index (χ3v) is 2.38. The Labute approximate surface area is 114 Å². The molecule has 0 radical (unpaired) electrons. The highest BCUT2D eigenvalue weighted by Crippen LogP contribution is 1.98. The molecule has 4 N–H and O–H groups in total. The van der Waals surface area contributed by atoms with Gasteiger partial charge in [-0.3, -0.25) is 14.4 Å². The summed E-state index contributed by atoms with van der Waals surface area (Å²) in [5.74, 6) is -1.41. The maximum atomic E-state index is 11.5. The van der Waals surface area contributed by atoms with Crippen molar-refractivity contribution in [2.24, 2.45) is 5.73 Å². The summed E-state index contributed by atoms with van der Waals surface area (Å²) in [6.45, 7) is 0.436. The summed E-state index contributed by atoms with van der Waals surface area (Å²) in [6.07, 6.45) is 0.497. The number of rotatable bonds is 9. The molecule has 0 atom stereocenters. The number of aliphatic carboxylic acids is 1. The molecule has 0 spiro atoms. The molecular formula is C10H16N6O4. The van der Waals surface area contributed by atoms with Gasteiger partial charge in [0.2, 0.25) is 11.8 Å². The Morgan fingerprint density at radius 2 is 2.05 bits per heavy atom. The quantitative estimate of drug-likeness (QED) is 0.477. The first-order valence-electron chi connectivity index (χ1n) is 6.01. The van der Waals surface area contributed by atoms with Gasteiger partial charge in [-0.1, -0.05) is 0 Å². The maximum Gasteiger partial charge on any atom is 0.305 e. The SMILES string of the molecule is NC(=O)CCCn1nnnc1CC(=O)NCCC(=O)O. The fourth-order valence-corrected chi connectivity index (χ4v) is 1.44. The van der Waals surface area contributed by atoms with Crippen LogP contribution >= 0.6 is 0 Å². The van der Waals surface area contributed by atoms with Crippen LogP contribution in [0.15, 0.2) is 0 Å².